The van der Waals surface area contributed by atoms with E-state index < -0.39 is 0 Å². The monoisotopic (exact) mass is 251 g/mol. The molecular weight excluding hydrogens is 238 g/mol. The molecule has 2 aromatic rings. The highest BCUT2D eigenvalue weighted by molar-refractivity contribution is 6.30. The van der Waals surface area contributed by atoms with Crippen LogP contribution in [0.4, 0.5) is 0 Å². The minimum absolute atomic E-state index is 0.00222. The fraction of sp³-hybridized carbons (Fsp3) is 0.231. The van der Waals surface area contributed by atoms with Crippen LogP contribution in [0.15, 0.2) is 41.2 Å². The lowest BCUT2D eigenvalue weighted by Gasteiger charge is -2.18. The average molecular weight is 252 g/mol. The quantitative estimate of drug-likeness (QED) is 0.906. The van der Waals surface area contributed by atoms with Crippen molar-refractivity contribution in [2.24, 2.45) is 0 Å². The summed E-state index contributed by atoms with van der Waals surface area (Å²) in [7, 11) is 3.53. The highest BCUT2D eigenvalue weighted by Gasteiger charge is 2.17. The first-order valence-electron chi connectivity index (χ1n) is 5.29. The van der Waals surface area contributed by atoms with E-state index >= 15 is 0 Å². The number of methoxy groups -OCH3 is 1. The molecular formula is C13H14ClNO2. The Morgan fingerprint density at radius 1 is 1.35 bits per heavy atom. The fourth-order valence-corrected chi connectivity index (χ4v) is 2.05. The van der Waals surface area contributed by atoms with Gasteiger partial charge in [-0.25, -0.2) is 0 Å². The number of halogens is 1. The molecule has 0 amide bonds. The van der Waals surface area contributed by atoms with E-state index in [1.807, 2.05) is 31.3 Å². The zero-order valence-corrected chi connectivity index (χ0v) is 10.5. The largest absolute Gasteiger partial charge is 0.496 e. The average Bonchev–Trinajstić information content (AvgIpc) is 2.84. The summed E-state index contributed by atoms with van der Waals surface area (Å²) >= 11 is 6.03. The highest BCUT2D eigenvalue weighted by atomic mass is 35.5. The minimum atomic E-state index is 0.00222. The molecule has 0 radical (unpaired) electrons. The highest BCUT2D eigenvalue weighted by Crippen LogP contribution is 2.32. The van der Waals surface area contributed by atoms with Gasteiger partial charge in [-0.05, 0) is 31.3 Å². The molecule has 3 nitrogen and oxygen atoms in total. The van der Waals surface area contributed by atoms with Crippen LogP contribution in [0.1, 0.15) is 17.2 Å². The number of nitrogens with one attached hydrogen (secondary N) is 1. The molecule has 1 aromatic heterocycles. The molecule has 0 bridgehead atoms. The van der Waals surface area contributed by atoms with Crippen LogP contribution in [0.2, 0.25) is 5.02 Å². The van der Waals surface area contributed by atoms with Gasteiger partial charge in [-0.3, -0.25) is 0 Å². The smallest absolute Gasteiger partial charge is 0.124 e. The van der Waals surface area contributed by atoms with Crippen LogP contribution < -0.4 is 10.1 Å². The van der Waals surface area contributed by atoms with Crippen LogP contribution in [-0.4, -0.2) is 14.2 Å². The van der Waals surface area contributed by atoms with Gasteiger partial charge in [0.25, 0.3) is 0 Å². The first-order valence-corrected chi connectivity index (χ1v) is 5.67. The second-order valence-corrected chi connectivity index (χ2v) is 4.10. The molecule has 4 heteroatoms. The van der Waals surface area contributed by atoms with Gasteiger partial charge in [-0.2, -0.15) is 0 Å². The van der Waals surface area contributed by atoms with Gasteiger partial charge in [0, 0.05) is 16.1 Å². The normalized spacial score (nSPS) is 12.4. The van der Waals surface area contributed by atoms with E-state index in [0.29, 0.717) is 5.02 Å². The third-order valence-electron chi connectivity index (χ3n) is 2.67. The minimum Gasteiger partial charge on any atom is -0.496 e. The van der Waals surface area contributed by atoms with Gasteiger partial charge < -0.3 is 14.5 Å². The Hall–Kier alpha value is -1.45. The standard InChI is InChI=1S/C13H14ClNO2/c1-15-13(9-5-6-17-8-9)11-7-10(14)3-4-12(11)16-2/h3-8,13,15H,1-2H3. The molecule has 0 spiro atoms. The van der Waals surface area contributed by atoms with Crippen LogP contribution in [0, 0.1) is 0 Å². The first kappa shape index (κ1) is 12.0. The number of hydrogen-bond acceptors (Lipinski definition) is 3. The maximum atomic E-state index is 6.03. The molecule has 1 unspecified atom stereocenters. The zero-order chi connectivity index (χ0) is 12.3. The van der Waals surface area contributed by atoms with Crippen molar-refractivity contribution in [3.8, 4) is 5.75 Å². The Labute approximate surface area is 105 Å². The van der Waals surface area contributed by atoms with E-state index in [1.54, 1.807) is 19.6 Å². The third kappa shape index (κ3) is 2.46. The van der Waals surface area contributed by atoms with E-state index in [1.165, 1.54) is 0 Å². The maximum Gasteiger partial charge on any atom is 0.124 e. The van der Waals surface area contributed by atoms with Crippen molar-refractivity contribution in [1.29, 1.82) is 0 Å². The molecule has 17 heavy (non-hydrogen) atoms. The predicted octanol–water partition coefficient (Wildman–Crippen LogP) is 3.25. The van der Waals surface area contributed by atoms with Crippen LogP contribution >= 0.6 is 11.6 Å². The van der Waals surface area contributed by atoms with E-state index in [-0.39, 0.29) is 6.04 Å². The molecule has 0 aliphatic heterocycles. The Morgan fingerprint density at radius 3 is 2.76 bits per heavy atom. The lowest BCUT2D eigenvalue weighted by atomic mass is 10.0. The predicted molar refractivity (Wildman–Crippen MR) is 67.6 cm³/mol. The number of hydrogen-bond donors (Lipinski definition) is 1. The summed E-state index contributed by atoms with van der Waals surface area (Å²) in [6.45, 7) is 0. The lowest BCUT2D eigenvalue weighted by molar-refractivity contribution is 0.405. The number of rotatable bonds is 4. The van der Waals surface area contributed by atoms with Crippen LogP contribution in [-0.2, 0) is 0 Å². The molecule has 0 saturated heterocycles. The third-order valence-corrected chi connectivity index (χ3v) is 2.90. The second-order valence-electron chi connectivity index (χ2n) is 3.66. The van der Waals surface area contributed by atoms with E-state index in [4.69, 9.17) is 20.8 Å². The Balaban J connectivity index is 2.46. The summed E-state index contributed by atoms with van der Waals surface area (Å²) in [5, 5.41) is 3.91. The summed E-state index contributed by atoms with van der Waals surface area (Å²) in [6, 6.07) is 7.49. The summed E-state index contributed by atoms with van der Waals surface area (Å²) in [5.74, 6) is 0.801. The molecule has 90 valence electrons. The van der Waals surface area contributed by atoms with Gasteiger partial charge in [-0.1, -0.05) is 11.6 Å². The molecule has 1 N–H and O–H groups in total. The van der Waals surface area contributed by atoms with Crippen molar-refractivity contribution < 1.29 is 9.15 Å². The summed E-state index contributed by atoms with van der Waals surface area (Å²) in [5.41, 5.74) is 2.02. The van der Waals surface area contributed by atoms with Crippen molar-refractivity contribution >= 4 is 11.6 Å². The molecule has 1 aromatic carbocycles. The van der Waals surface area contributed by atoms with Crippen LogP contribution in [0.5, 0.6) is 5.75 Å². The Bertz CT molecular complexity index is 482. The molecule has 0 aliphatic carbocycles. The first-order chi connectivity index (χ1) is 8.26. The fourth-order valence-electron chi connectivity index (χ4n) is 1.87. The lowest BCUT2D eigenvalue weighted by Crippen LogP contribution is -2.17. The molecule has 0 saturated carbocycles. The van der Waals surface area contributed by atoms with Gasteiger partial charge in [0.15, 0.2) is 0 Å². The van der Waals surface area contributed by atoms with Crippen LogP contribution in [0.3, 0.4) is 0 Å². The van der Waals surface area contributed by atoms with E-state index in [2.05, 4.69) is 5.32 Å². The van der Waals surface area contributed by atoms with E-state index in [0.717, 1.165) is 16.9 Å². The topological polar surface area (TPSA) is 34.4 Å². The van der Waals surface area contributed by atoms with Crippen molar-refractivity contribution in [3.05, 3.63) is 52.9 Å². The van der Waals surface area contributed by atoms with Crippen molar-refractivity contribution in [3.63, 3.8) is 0 Å². The summed E-state index contributed by atoms with van der Waals surface area (Å²) in [4.78, 5) is 0. The Kier molecular flexibility index (Phi) is 3.71. The molecule has 0 fully saturated rings. The SMILES string of the molecule is CNC(c1ccoc1)c1cc(Cl)ccc1OC. The zero-order valence-electron chi connectivity index (χ0n) is 9.74. The number of benzene rings is 1. The van der Waals surface area contributed by atoms with Gasteiger partial charge in [-0.15, -0.1) is 0 Å². The molecule has 1 heterocycles. The van der Waals surface area contributed by atoms with Crippen molar-refractivity contribution in [2.75, 3.05) is 14.2 Å². The molecule has 1 atom stereocenters. The van der Waals surface area contributed by atoms with Gasteiger partial charge in [0.1, 0.15) is 5.75 Å². The van der Waals surface area contributed by atoms with Crippen molar-refractivity contribution in [1.82, 2.24) is 5.32 Å². The summed E-state index contributed by atoms with van der Waals surface area (Å²) < 4.78 is 10.5. The van der Waals surface area contributed by atoms with Gasteiger partial charge in [0.05, 0.1) is 25.7 Å². The molecule has 2 rings (SSSR count). The van der Waals surface area contributed by atoms with E-state index in [9.17, 15) is 0 Å². The number of furan rings is 1. The summed E-state index contributed by atoms with van der Waals surface area (Å²) in [6.07, 6.45) is 3.36. The van der Waals surface area contributed by atoms with Gasteiger partial charge >= 0.3 is 0 Å². The maximum absolute atomic E-state index is 6.03. The van der Waals surface area contributed by atoms with Crippen LogP contribution in [0.25, 0.3) is 0 Å². The number of ether oxygens (including phenoxy) is 1. The van der Waals surface area contributed by atoms with Crippen molar-refractivity contribution in [2.45, 2.75) is 6.04 Å². The molecule has 0 aliphatic rings. The van der Waals surface area contributed by atoms with Gasteiger partial charge in [0.2, 0.25) is 0 Å². The Morgan fingerprint density at radius 2 is 2.18 bits per heavy atom. The second kappa shape index (κ2) is 5.25.